The van der Waals surface area contributed by atoms with Gasteiger partial charge in [-0.25, -0.2) is 21.6 Å². The molecule has 1 heterocycles. The molecule has 2 aromatic carbocycles. The number of rotatable bonds is 4. The van der Waals surface area contributed by atoms with E-state index in [1.54, 1.807) is 0 Å². The summed E-state index contributed by atoms with van der Waals surface area (Å²) in [4.78, 5) is 11.7. The standard InChI is InChI=1S/C19H18ClF3N2O4S/c20-15-10-14(2-4-16(15)22)24-19(26)12-1-3-17(23)18(9-12)30(27,28)25-6-8-29-7-5-13(21)11-25/h1-4,9-10,13H,5-8,11H2,(H,24,26)/t13-/m0/s1. The molecule has 30 heavy (non-hydrogen) atoms. The summed E-state index contributed by atoms with van der Waals surface area (Å²) in [5.41, 5.74) is 0.0110. The zero-order chi connectivity index (χ0) is 21.9. The molecule has 162 valence electrons. The summed E-state index contributed by atoms with van der Waals surface area (Å²) in [6.45, 7) is -0.367. The van der Waals surface area contributed by atoms with Crippen molar-refractivity contribution >= 4 is 33.2 Å². The van der Waals surface area contributed by atoms with Gasteiger partial charge in [0.1, 0.15) is 22.7 Å². The monoisotopic (exact) mass is 462 g/mol. The number of anilines is 1. The smallest absolute Gasteiger partial charge is 0.255 e. The summed E-state index contributed by atoms with van der Waals surface area (Å²) in [7, 11) is -4.42. The first kappa shape index (κ1) is 22.5. The highest BCUT2D eigenvalue weighted by atomic mass is 35.5. The van der Waals surface area contributed by atoms with Crippen LogP contribution in [-0.2, 0) is 14.8 Å². The molecule has 3 rings (SSSR count). The van der Waals surface area contributed by atoms with Crippen molar-refractivity contribution in [3.63, 3.8) is 0 Å². The maximum Gasteiger partial charge on any atom is 0.255 e. The lowest BCUT2D eigenvalue weighted by Gasteiger charge is -2.26. The Balaban J connectivity index is 1.87. The second kappa shape index (κ2) is 9.34. The van der Waals surface area contributed by atoms with Crippen LogP contribution in [0.1, 0.15) is 16.8 Å². The molecule has 1 atom stereocenters. The average molecular weight is 463 g/mol. The fourth-order valence-corrected chi connectivity index (χ4v) is 4.58. The van der Waals surface area contributed by atoms with Crippen molar-refractivity contribution < 1.29 is 31.1 Å². The Bertz CT molecular complexity index is 1050. The molecule has 1 aliphatic rings. The van der Waals surface area contributed by atoms with E-state index in [0.717, 1.165) is 28.6 Å². The van der Waals surface area contributed by atoms with Gasteiger partial charge in [-0.3, -0.25) is 4.79 Å². The Kier molecular flexibility index (Phi) is 7.02. The summed E-state index contributed by atoms with van der Waals surface area (Å²) < 4.78 is 73.3. The molecule has 1 amide bonds. The maximum atomic E-state index is 14.4. The summed E-state index contributed by atoms with van der Waals surface area (Å²) in [5.74, 6) is -2.50. The minimum Gasteiger partial charge on any atom is -0.380 e. The lowest BCUT2D eigenvalue weighted by molar-refractivity contribution is 0.0742. The van der Waals surface area contributed by atoms with Gasteiger partial charge in [0.15, 0.2) is 0 Å². The van der Waals surface area contributed by atoms with E-state index in [-0.39, 0.29) is 42.5 Å². The molecule has 0 aliphatic carbocycles. The van der Waals surface area contributed by atoms with Gasteiger partial charge in [0.05, 0.1) is 11.6 Å². The predicted molar refractivity (Wildman–Crippen MR) is 105 cm³/mol. The van der Waals surface area contributed by atoms with E-state index >= 15 is 0 Å². The highest BCUT2D eigenvalue weighted by Gasteiger charge is 2.31. The first-order valence-corrected chi connectivity index (χ1v) is 10.8. The number of benzene rings is 2. The van der Waals surface area contributed by atoms with Crippen LogP contribution >= 0.6 is 11.6 Å². The number of nitrogens with zero attached hydrogens (tertiary/aromatic N) is 1. The number of hydrogen-bond acceptors (Lipinski definition) is 4. The molecule has 1 aliphatic heterocycles. The topological polar surface area (TPSA) is 75.7 Å². The molecule has 1 N–H and O–H groups in total. The zero-order valence-electron chi connectivity index (χ0n) is 15.6. The normalized spacial score (nSPS) is 18.5. The number of halogens is 4. The first-order chi connectivity index (χ1) is 14.2. The van der Waals surface area contributed by atoms with E-state index in [0.29, 0.717) is 0 Å². The number of carbonyl (C=O) groups excluding carboxylic acids is 1. The summed E-state index contributed by atoms with van der Waals surface area (Å²) in [6.07, 6.45) is -1.44. The zero-order valence-corrected chi connectivity index (χ0v) is 17.1. The molecule has 0 unspecified atom stereocenters. The van der Waals surface area contributed by atoms with Crippen LogP contribution in [0.15, 0.2) is 41.3 Å². The highest BCUT2D eigenvalue weighted by molar-refractivity contribution is 7.89. The Hall–Kier alpha value is -2.14. The number of nitrogens with one attached hydrogen (secondary N) is 1. The van der Waals surface area contributed by atoms with E-state index < -0.39 is 45.2 Å². The largest absolute Gasteiger partial charge is 0.380 e. The van der Waals surface area contributed by atoms with Gasteiger partial charge in [-0.1, -0.05) is 11.6 Å². The molecule has 1 fully saturated rings. The van der Waals surface area contributed by atoms with E-state index in [1.807, 2.05) is 0 Å². The van der Waals surface area contributed by atoms with Gasteiger partial charge in [0, 0.05) is 37.4 Å². The third kappa shape index (κ3) is 5.12. The molecule has 2 aromatic rings. The molecule has 0 bridgehead atoms. The third-order valence-electron chi connectivity index (χ3n) is 4.45. The Morgan fingerprint density at radius 1 is 1.13 bits per heavy atom. The lowest BCUT2D eigenvalue weighted by atomic mass is 10.2. The van der Waals surface area contributed by atoms with Gasteiger partial charge in [0.25, 0.3) is 5.91 Å². The maximum absolute atomic E-state index is 14.4. The van der Waals surface area contributed by atoms with Crippen molar-refractivity contribution in [3.05, 3.63) is 58.6 Å². The van der Waals surface area contributed by atoms with Crippen molar-refractivity contribution in [2.24, 2.45) is 0 Å². The average Bonchev–Trinajstić information content (AvgIpc) is 2.67. The SMILES string of the molecule is O=C(Nc1ccc(F)c(Cl)c1)c1ccc(F)c(S(=O)(=O)N2CCOCC[C@H](F)C2)c1. The fraction of sp³-hybridized carbons (Fsp3) is 0.316. The van der Waals surface area contributed by atoms with Crippen molar-refractivity contribution in [2.45, 2.75) is 17.5 Å². The third-order valence-corrected chi connectivity index (χ3v) is 6.62. The van der Waals surface area contributed by atoms with Crippen molar-refractivity contribution in [1.29, 1.82) is 0 Å². The minimum absolute atomic E-state index is 0.0250. The van der Waals surface area contributed by atoms with Crippen LogP contribution in [0.5, 0.6) is 0 Å². The molecular weight excluding hydrogens is 445 g/mol. The number of sulfonamides is 1. The molecule has 6 nitrogen and oxygen atoms in total. The van der Waals surface area contributed by atoms with Crippen LogP contribution in [-0.4, -0.2) is 51.1 Å². The van der Waals surface area contributed by atoms with Crippen LogP contribution in [0.4, 0.5) is 18.9 Å². The molecule has 1 saturated heterocycles. The molecule has 0 saturated carbocycles. The molecular formula is C19H18ClF3N2O4S. The second-order valence-corrected chi connectivity index (χ2v) is 8.90. The lowest BCUT2D eigenvalue weighted by Crippen LogP contribution is -2.40. The van der Waals surface area contributed by atoms with E-state index in [9.17, 15) is 26.4 Å². The van der Waals surface area contributed by atoms with Crippen molar-refractivity contribution in [1.82, 2.24) is 4.31 Å². The summed E-state index contributed by atoms with van der Waals surface area (Å²) in [6, 6.07) is 6.31. The Morgan fingerprint density at radius 3 is 2.60 bits per heavy atom. The van der Waals surface area contributed by atoms with E-state index in [4.69, 9.17) is 16.3 Å². The minimum atomic E-state index is -4.42. The molecule has 0 radical (unpaired) electrons. The van der Waals surface area contributed by atoms with Crippen LogP contribution in [0, 0.1) is 11.6 Å². The molecule has 0 spiro atoms. The van der Waals surface area contributed by atoms with Gasteiger partial charge in [-0.2, -0.15) is 4.31 Å². The Labute approximate surface area is 176 Å². The molecule has 0 aromatic heterocycles. The Morgan fingerprint density at radius 2 is 1.87 bits per heavy atom. The van der Waals surface area contributed by atoms with Crippen LogP contribution in [0.25, 0.3) is 0 Å². The predicted octanol–water partition coefficient (Wildman–Crippen LogP) is 3.62. The quantitative estimate of drug-likeness (QED) is 0.753. The van der Waals surface area contributed by atoms with Gasteiger partial charge >= 0.3 is 0 Å². The van der Waals surface area contributed by atoms with Gasteiger partial charge in [0.2, 0.25) is 10.0 Å². The fourth-order valence-electron chi connectivity index (χ4n) is 2.86. The number of carbonyl (C=O) groups is 1. The number of amides is 1. The van der Waals surface area contributed by atoms with Crippen molar-refractivity contribution in [2.75, 3.05) is 31.6 Å². The van der Waals surface area contributed by atoms with Crippen molar-refractivity contribution in [3.8, 4) is 0 Å². The number of hydrogen-bond donors (Lipinski definition) is 1. The number of alkyl halides is 1. The number of ether oxygens (including phenoxy) is 1. The first-order valence-electron chi connectivity index (χ1n) is 8.96. The second-order valence-electron chi connectivity index (χ2n) is 6.59. The summed E-state index contributed by atoms with van der Waals surface area (Å²) >= 11 is 5.67. The summed E-state index contributed by atoms with van der Waals surface area (Å²) in [5, 5.41) is 2.22. The van der Waals surface area contributed by atoms with E-state index in [2.05, 4.69) is 5.32 Å². The van der Waals surface area contributed by atoms with Crippen LogP contribution < -0.4 is 5.32 Å². The van der Waals surface area contributed by atoms with Crippen LogP contribution in [0.2, 0.25) is 5.02 Å². The van der Waals surface area contributed by atoms with Crippen LogP contribution in [0.3, 0.4) is 0 Å². The van der Waals surface area contributed by atoms with E-state index in [1.165, 1.54) is 12.1 Å². The van der Waals surface area contributed by atoms with Gasteiger partial charge < -0.3 is 10.1 Å². The van der Waals surface area contributed by atoms with Gasteiger partial charge in [-0.05, 0) is 36.4 Å². The highest BCUT2D eigenvalue weighted by Crippen LogP contribution is 2.24. The molecule has 11 heteroatoms. The van der Waals surface area contributed by atoms with Gasteiger partial charge in [-0.15, -0.1) is 0 Å².